The monoisotopic (exact) mass is 313 g/mol. The van der Waals surface area contributed by atoms with Gasteiger partial charge in [0.05, 0.1) is 0 Å². The molecule has 2 aliphatic carbocycles. The maximum atomic E-state index is 13.2. The van der Waals surface area contributed by atoms with E-state index in [1.54, 1.807) is 0 Å². The Labute approximate surface area is 126 Å². The molecule has 2 saturated carbocycles. The molecule has 0 aliphatic heterocycles. The van der Waals surface area contributed by atoms with Crippen molar-refractivity contribution in [3.8, 4) is 0 Å². The van der Waals surface area contributed by atoms with E-state index in [4.69, 9.17) is 0 Å². The van der Waals surface area contributed by atoms with Crippen LogP contribution in [-0.2, 0) is 4.79 Å². The molecule has 2 aliphatic rings. The molecule has 0 amide bonds. The topological polar surface area (TPSA) is 49.3 Å². The van der Waals surface area contributed by atoms with Gasteiger partial charge in [-0.1, -0.05) is 0 Å². The average molecular weight is 313 g/mol. The van der Waals surface area contributed by atoms with Crippen LogP contribution in [0.15, 0.2) is 23.1 Å². The second-order valence-electron chi connectivity index (χ2n) is 5.83. The molecule has 0 heterocycles. The highest BCUT2D eigenvalue weighted by Gasteiger charge is 2.53. The molecule has 0 spiro atoms. The fourth-order valence-electron chi connectivity index (χ4n) is 2.51. The van der Waals surface area contributed by atoms with Gasteiger partial charge in [0, 0.05) is 16.7 Å². The van der Waals surface area contributed by atoms with Gasteiger partial charge in [0.15, 0.2) is 11.6 Å². The van der Waals surface area contributed by atoms with Crippen LogP contribution in [-0.4, -0.2) is 28.4 Å². The number of hydrogen-bond donors (Lipinski definition) is 2. The summed E-state index contributed by atoms with van der Waals surface area (Å²) in [6.45, 7) is 0. The van der Waals surface area contributed by atoms with Crippen LogP contribution in [0.4, 0.5) is 8.78 Å². The molecule has 1 atom stereocenters. The predicted molar refractivity (Wildman–Crippen MR) is 76.3 cm³/mol. The molecule has 6 heteroatoms. The molecule has 3 rings (SSSR count). The van der Waals surface area contributed by atoms with Gasteiger partial charge < -0.3 is 5.11 Å². The largest absolute Gasteiger partial charge is 0.480 e. The first kappa shape index (κ1) is 14.8. The maximum Gasteiger partial charge on any atom is 0.325 e. The SMILES string of the molecule is O=C(O)C(CSc1ccc(F)c(F)c1)(NC1CC1)C1CC1. The molecule has 2 N–H and O–H groups in total. The van der Waals surface area contributed by atoms with Crippen molar-refractivity contribution in [2.45, 2.75) is 42.2 Å². The third-order valence-electron chi connectivity index (χ3n) is 4.05. The summed E-state index contributed by atoms with van der Waals surface area (Å²) in [5, 5.41) is 13.0. The molecule has 1 unspecified atom stereocenters. The number of benzene rings is 1. The number of carbonyl (C=O) groups is 1. The van der Waals surface area contributed by atoms with Gasteiger partial charge in [-0.3, -0.25) is 10.1 Å². The number of nitrogens with one attached hydrogen (secondary N) is 1. The van der Waals surface area contributed by atoms with E-state index in [0.717, 1.165) is 37.8 Å². The lowest BCUT2D eigenvalue weighted by Gasteiger charge is -2.30. The van der Waals surface area contributed by atoms with Crippen LogP contribution in [0.3, 0.4) is 0 Å². The minimum Gasteiger partial charge on any atom is -0.480 e. The molecule has 0 radical (unpaired) electrons. The van der Waals surface area contributed by atoms with Crippen LogP contribution in [0.25, 0.3) is 0 Å². The van der Waals surface area contributed by atoms with Crippen molar-refractivity contribution in [3.05, 3.63) is 29.8 Å². The Morgan fingerprint density at radius 1 is 1.29 bits per heavy atom. The summed E-state index contributed by atoms with van der Waals surface area (Å²) in [7, 11) is 0. The number of thioether (sulfide) groups is 1. The van der Waals surface area contributed by atoms with E-state index in [9.17, 15) is 18.7 Å². The van der Waals surface area contributed by atoms with E-state index in [0.29, 0.717) is 10.6 Å². The zero-order valence-electron chi connectivity index (χ0n) is 11.4. The molecule has 1 aromatic carbocycles. The summed E-state index contributed by atoms with van der Waals surface area (Å²) >= 11 is 1.27. The number of halogens is 2. The van der Waals surface area contributed by atoms with E-state index >= 15 is 0 Å². The molecule has 1 aromatic rings. The van der Waals surface area contributed by atoms with Gasteiger partial charge in [-0.15, -0.1) is 11.8 Å². The van der Waals surface area contributed by atoms with Crippen LogP contribution < -0.4 is 5.32 Å². The molecule has 0 bridgehead atoms. The van der Waals surface area contributed by atoms with Crippen LogP contribution >= 0.6 is 11.8 Å². The molecule has 2 fully saturated rings. The summed E-state index contributed by atoms with van der Waals surface area (Å²) in [4.78, 5) is 12.4. The zero-order valence-corrected chi connectivity index (χ0v) is 12.3. The fraction of sp³-hybridized carbons (Fsp3) is 0.533. The Kier molecular flexibility index (Phi) is 3.92. The van der Waals surface area contributed by atoms with Gasteiger partial charge in [0.2, 0.25) is 0 Å². The lowest BCUT2D eigenvalue weighted by atomic mass is 9.95. The number of hydrogen-bond acceptors (Lipinski definition) is 3. The van der Waals surface area contributed by atoms with Crippen LogP contribution in [0, 0.1) is 17.6 Å². The summed E-state index contributed by atoms with van der Waals surface area (Å²) in [6.07, 6.45) is 3.84. The lowest BCUT2D eigenvalue weighted by Crippen LogP contribution is -2.57. The number of aliphatic carboxylic acids is 1. The minimum absolute atomic E-state index is 0.133. The predicted octanol–water partition coefficient (Wildman–Crippen LogP) is 3.04. The Bertz CT molecular complexity index is 561. The van der Waals surface area contributed by atoms with Gasteiger partial charge in [-0.05, 0) is 49.8 Å². The smallest absolute Gasteiger partial charge is 0.325 e. The Morgan fingerprint density at radius 3 is 2.52 bits per heavy atom. The minimum atomic E-state index is -0.948. The second kappa shape index (κ2) is 5.57. The first-order valence-corrected chi connectivity index (χ1v) is 8.09. The molecule has 0 saturated heterocycles. The zero-order chi connectivity index (χ0) is 15.0. The number of rotatable bonds is 7. The standard InChI is InChI=1S/C15H17F2NO2S/c16-12-6-5-11(7-13(12)17)21-8-15(14(19)20,9-1-2-9)18-10-3-4-10/h5-7,9-10,18H,1-4,8H2,(H,19,20). The van der Waals surface area contributed by atoms with Crippen molar-refractivity contribution in [3.63, 3.8) is 0 Å². The van der Waals surface area contributed by atoms with Crippen LogP contribution in [0.1, 0.15) is 25.7 Å². The molecule has 21 heavy (non-hydrogen) atoms. The van der Waals surface area contributed by atoms with Gasteiger partial charge in [-0.2, -0.15) is 0 Å². The van der Waals surface area contributed by atoms with Crippen molar-refractivity contribution < 1.29 is 18.7 Å². The van der Waals surface area contributed by atoms with Crippen LogP contribution in [0.2, 0.25) is 0 Å². The van der Waals surface area contributed by atoms with E-state index < -0.39 is 23.1 Å². The van der Waals surface area contributed by atoms with Gasteiger partial charge >= 0.3 is 5.97 Å². The molecular formula is C15H17F2NO2S. The van der Waals surface area contributed by atoms with Crippen molar-refractivity contribution in [1.29, 1.82) is 0 Å². The van der Waals surface area contributed by atoms with Crippen molar-refractivity contribution in [2.24, 2.45) is 5.92 Å². The summed E-state index contributed by atoms with van der Waals surface area (Å²) in [5.41, 5.74) is -0.948. The average Bonchev–Trinajstić information content (AvgIpc) is 3.31. The van der Waals surface area contributed by atoms with Crippen molar-refractivity contribution in [2.75, 3.05) is 5.75 Å². The Balaban J connectivity index is 1.74. The maximum absolute atomic E-state index is 13.2. The summed E-state index contributed by atoms with van der Waals surface area (Å²) < 4.78 is 26.2. The van der Waals surface area contributed by atoms with E-state index in [2.05, 4.69) is 5.32 Å². The number of carboxylic acid groups (broad SMARTS) is 1. The quantitative estimate of drug-likeness (QED) is 0.760. The Hall–Kier alpha value is -1.14. The molecule has 114 valence electrons. The van der Waals surface area contributed by atoms with Gasteiger partial charge in [0.1, 0.15) is 5.54 Å². The first-order valence-electron chi connectivity index (χ1n) is 7.10. The normalized spacial score (nSPS) is 21.0. The lowest BCUT2D eigenvalue weighted by molar-refractivity contribution is -0.145. The van der Waals surface area contributed by atoms with E-state index in [-0.39, 0.29) is 12.0 Å². The van der Waals surface area contributed by atoms with Crippen molar-refractivity contribution >= 4 is 17.7 Å². The molecule has 3 nitrogen and oxygen atoms in total. The third-order valence-corrected chi connectivity index (χ3v) is 5.24. The van der Waals surface area contributed by atoms with Crippen LogP contribution in [0.5, 0.6) is 0 Å². The summed E-state index contributed by atoms with van der Waals surface area (Å²) in [5.74, 6) is -2.17. The highest BCUT2D eigenvalue weighted by atomic mass is 32.2. The first-order chi connectivity index (χ1) is 10.0. The van der Waals surface area contributed by atoms with Crippen molar-refractivity contribution in [1.82, 2.24) is 5.32 Å². The number of carboxylic acids is 1. The van der Waals surface area contributed by atoms with E-state index in [1.807, 2.05) is 0 Å². The third kappa shape index (κ3) is 3.21. The fourth-order valence-corrected chi connectivity index (χ4v) is 3.70. The van der Waals surface area contributed by atoms with Gasteiger partial charge in [-0.25, -0.2) is 8.78 Å². The highest BCUT2D eigenvalue weighted by Crippen LogP contribution is 2.44. The molecule has 0 aromatic heterocycles. The Morgan fingerprint density at radius 2 is 2.00 bits per heavy atom. The van der Waals surface area contributed by atoms with E-state index in [1.165, 1.54) is 17.8 Å². The molecular weight excluding hydrogens is 296 g/mol. The van der Waals surface area contributed by atoms with Gasteiger partial charge in [0.25, 0.3) is 0 Å². The summed E-state index contributed by atoms with van der Waals surface area (Å²) in [6, 6.07) is 3.97. The second-order valence-corrected chi connectivity index (χ2v) is 6.88. The highest BCUT2D eigenvalue weighted by molar-refractivity contribution is 7.99.